The summed E-state index contributed by atoms with van der Waals surface area (Å²) in [5, 5.41) is 21.2. The number of rotatable bonds is 7. The summed E-state index contributed by atoms with van der Waals surface area (Å²) in [7, 11) is 0. The summed E-state index contributed by atoms with van der Waals surface area (Å²) in [6.07, 6.45) is 5.67. The molecule has 7 nitrogen and oxygen atoms in total. The Labute approximate surface area is 123 Å². The number of carbonyl (C=O) groups is 1. The summed E-state index contributed by atoms with van der Waals surface area (Å²) >= 11 is 0. The van der Waals surface area contributed by atoms with Crippen LogP contribution >= 0.6 is 0 Å². The average Bonchev–Trinajstić information content (AvgIpc) is 2.97. The number of aryl methyl sites for hydroxylation is 2. The first kappa shape index (κ1) is 15.1. The molecule has 0 saturated heterocycles. The number of hydrogen-bond donors (Lipinski definition) is 1. The Morgan fingerprint density at radius 3 is 2.67 bits per heavy atom. The highest BCUT2D eigenvalue weighted by Gasteiger charge is 2.40. The fraction of sp³-hybridized carbons (Fsp3) is 0.500. The van der Waals surface area contributed by atoms with Gasteiger partial charge in [-0.15, -0.1) is 5.10 Å². The number of aliphatic carboxylic acids is 1. The van der Waals surface area contributed by atoms with E-state index in [1.807, 2.05) is 26.0 Å². The van der Waals surface area contributed by atoms with Crippen LogP contribution in [0.1, 0.15) is 38.1 Å². The summed E-state index contributed by atoms with van der Waals surface area (Å²) in [6.45, 7) is 3.67. The topological polar surface area (TPSA) is 93.8 Å². The van der Waals surface area contributed by atoms with Crippen molar-refractivity contribution in [3.05, 3.63) is 35.9 Å². The van der Waals surface area contributed by atoms with Gasteiger partial charge in [0.1, 0.15) is 0 Å². The highest BCUT2D eigenvalue weighted by atomic mass is 16.4. The molecule has 1 N–H and O–H groups in total. The second-order valence-corrected chi connectivity index (χ2v) is 4.91. The van der Waals surface area contributed by atoms with E-state index in [2.05, 4.69) is 20.5 Å². The molecule has 0 aliphatic rings. The Hall–Kier alpha value is -2.31. The van der Waals surface area contributed by atoms with Gasteiger partial charge in [-0.25, -0.2) is 9.48 Å². The third-order valence-corrected chi connectivity index (χ3v) is 3.87. The largest absolute Gasteiger partial charge is 0.479 e. The van der Waals surface area contributed by atoms with Crippen LogP contribution in [-0.4, -0.2) is 36.3 Å². The standard InChI is InChI=1S/C14H19N5O2/c1-3-14(4-2,13(20)21)19-12(16-17-18-19)8-7-11-6-5-9-15-10-11/h5-6,9-10H,3-4,7-8H2,1-2H3,(H,20,21). The van der Waals surface area contributed by atoms with Crippen molar-refractivity contribution in [1.82, 2.24) is 25.2 Å². The van der Waals surface area contributed by atoms with Gasteiger partial charge in [-0.1, -0.05) is 19.9 Å². The number of pyridine rings is 1. The highest BCUT2D eigenvalue weighted by molar-refractivity contribution is 5.76. The number of tetrazole rings is 1. The maximum Gasteiger partial charge on any atom is 0.331 e. The van der Waals surface area contributed by atoms with Gasteiger partial charge in [0.25, 0.3) is 0 Å². The van der Waals surface area contributed by atoms with Crippen molar-refractivity contribution in [2.24, 2.45) is 0 Å². The normalized spacial score (nSPS) is 11.5. The predicted octanol–water partition coefficient (Wildman–Crippen LogP) is 1.45. The van der Waals surface area contributed by atoms with Crippen molar-refractivity contribution in [2.75, 3.05) is 0 Å². The molecular weight excluding hydrogens is 270 g/mol. The Kier molecular flexibility index (Phi) is 4.62. The zero-order valence-electron chi connectivity index (χ0n) is 12.2. The first-order valence-corrected chi connectivity index (χ1v) is 7.04. The second-order valence-electron chi connectivity index (χ2n) is 4.91. The quantitative estimate of drug-likeness (QED) is 0.829. The number of nitrogens with zero attached hydrogens (tertiary/aromatic N) is 5. The van der Waals surface area contributed by atoms with Crippen LogP contribution in [0.4, 0.5) is 0 Å². The van der Waals surface area contributed by atoms with E-state index >= 15 is 0 Å². The molecule has 0 aliphatic carbocycles. The third kappa shape index (κ3) is 2.91. The number of aromatic nitrogens is 5. The minimum absolute atomic E-state index is 0.434. The number of carboxylic acid groups (broad SMARTS) is 1. The second kappa shape index (κ2) is 6.43. The lowest BCUT2D eigenvalue weighted by Gasteiger charge is -2.27. The SMILES string of the molecule is CCC(CC)(C(=O)O)n1nnnc1CCc1cccnc1. The summed E-state index contributed by atoms with van der Waals surface area (Å²) in [5.74, 6) is -0.313. The van der Waals surface area contributed by atoms with E-state index in [-0.39, 0.29) is 0 Å². The van der Waals surface area contributed by atoms with Crippen LogP contribution in [0.5, 0.6) is 0 Å². The maximum atomic E-state index is 11.7. The summed E-state index contributed by atoms with van der Waals surface area (Å²) in [5.41, 5.74) is -0.00528. The van der Waals surface area contributed by atoms with Crippen LogP contribution in [-0.2, 0) is 23.2 Å². The molecule has 0 saturated carbocycles. The molecule has 21 heavy (non-hydrogen) atoms. The monoisotopic (exact) mass is 289 g/mol. The van der Waals surface area contributed by atoms with Gasteiger partial charge in [-0.3, -0.25) is 4.98 Å². The molecule has 0 spiro atoms. The van der Waals surface area contributed by atoms with E-state index < -0.39 is 11.5 Å². The van der Waals surface area contributed by atoms with E-state index in [0.29, 0.717) is 25.1 Å². The zero-order chi connectivity index (χ0) is 15.3. The van der Waals surface area contributed by atoms with Gasteiger partial charge in [-0.2, -0.15) is 0 Å². The smallest absolute Gasteiger partial charge is 0.331 e. The lowest BCUT2D eigenvalue weighted by atomic mass is 9.93. The minimum atomic E-state index is -1.08. The van der Waals surface area contributed by atoms with Crippen molar-refractivity contribution in [3.63, 3.8) is 0 Å². The van der Waals surface area contributed by atoms with Crippen LogP contribution in [0.15, 0.2) is 24.5 Å². The van der Waals surface area contributed by atoms with Crippen molar-refractivity contribution in [3.8, 4) is 0 Å². The predicted molar refractivity (Wildman–Crippen MR) is 75.7 cm³/mol. The molecule has 0 radical (unpaired) electrons. The lowest BCUT2D eigenvalue weighted by Crippen LogP contribution is -2.42. The Balaban J connectivity index is 2.23. The molecule has 2 aromatic heterocycles. The molecule has 0 amide bonds. The molecule has 112 valence electrons. The zero-order valence-corrected chi connectivity index (χ0v) is 12.2. The van der Waals surface area contributed by atoms with Gasteiger partial charge < -0.3 is 5.11 Å². The van der Waals surface area contributed by atoms with Crippen LogP contribution in [0.3, 0.4) is 0 Å². The molecule has 2 rings (SSSR count). The average molecular weight is 289 g/mol. The van der Waals surface area contributed by atoms with Crippen LogP contribution in [0.2, 0.25) is 0 Å². The van der Waals surface area contributed by atoms with Gasteiger partial charge in [0.2, 0.25) is 0 Å². The van der Waals surface area contributed by atoms with Crippen LogP contribution in [0.25, 0.3) is 0 Å². The van der Waals surface area contributed by atoms with Crippen molar-refractivity contribution >= 4 is 5.97 Å². The molecule has 2 heterocycles. The van der Waals surface area contributed by atoms with Gasteiger partial charge in [-0.05, 0) is 41.3 Å². The molecule has 0 atom stereocenters. The van der Waals surface area contributed by atoms with Gasteiger partial charge in [0.05, 0.1) is 0 Å². The van der Waals surface area contributed by atoms with E-state index in [4.69, 9.17) is 0 Å². The fourth-order valence-electron chi connectivity index (χ4n) is 2.44. The fourth-order valence-corrected chi connectivity index (χ4v) is 2.44. The van der Waals surface area contributed by atoms with Crippen molar-refractivity contribution in [1.29, 1.82) is 0 Å². The third-order valence-electron chi connectivity index (χ3n) is 3.87. The Bertz CT molecular complexity index is 592. The number of hydrogen-bond acceptors (Lipinski definition) is 5. The molecule has 0 bridgehead atoms. The van der Waals surface area contributed by atoms with Crippen molar-refractivity contribution < 1.29 is 9.90 Å². The van der Waals surface area contributed by atoms with Crippen LogP contribution < -0.4 is 0 Å². The molecule has 0 fully saturated rings. The molecule has 0 aromatic carbocycles. The van der Waals surface area contributed by atoms with E-state index in [1.54, 1.807) is 12.4 Å². The van der Waals surface area contributed by atoms with Crippen molar-refractivity contribution in [2.45, 2.75) is 45.1 Å². The Morgan fingerprint density at radius 1 is 1.33 bits per heavy atom. The highest BCUT2D eigenvalue weighted by Crippen LogP contribution is 2.26. The number of carboxylic acids is 1. The van der Waals surface area contributed by atoms with E-state index in [0.717, 1.165) is 12.0 Å². The van der Waals surface area contributed by atoms with Gasteiger partial charge >= 0.3 is 5.97 Å². The van der Waals surface area contributed by atoms with E-state index in [1.165, 1.54) is 4.68 Å². The van der Waals surface area contributed by atoms with Gasteiger partial charge in [0, 0.05) is 18.8 Å². The van der Waals surface area contributed by atoms with Crippen LogP contribution in [0, 0.1) is 0 Å². The molecule has 0 aliphatic heterocycles. The molecular formula is C14H19N5O2. The summed E-state index contributed by atoms with van der Waals surface area (Å²) in [4.78, 5) is 15.7. The Morgan fingerprint density at radius 2 is 2.10 bits per heavy atom. The maximum absolute atomic E-state index is 11.7. The molecule has 7 heteroatoms. The summed E-state index contributed by atoms with van der Waals surface area (Å²) < 4.78 is 1.46. The first-order valence-electron chi connectivity index (χ1n) is 7.04. The first-order chi connectivity index (χ1) is 10.1. The molecule has 2 aromatic rings. The molecule has 0 unspecified atom stereocenters. The van der Waals surface area contributed by atoms with Gasteiger partial charge in [0.15, 0.2) is 11.4 Å². The van der Waals surface area contributed by atoms with E-state index in [9.17, 15) is 9.90 Å². The lowest BCUT2D eigenvalue weighted by molar-refractivity contribution is -0.148. The summed E-state index contributed by atoms with van der Waals surface area (Å²) in [6, 6.07) is 3.85. The minimum Gasteiger partial charge on any atom is -0.479 e.